The summed E-state index contributed by atoms with van der Waals surface area (Å²) in [5, 5.41) is 1.83. The van der Waals surface area contributed by atoms with Gasteiger partial charge in [-0.1, -0.05) is 0 Å². The van der Waals surface area contributed by atoms with E-state index in [1.54, 1.807) is 18.2 Å². The largest absolute Gasteiger partial charge is 0.496 e. The Labute approximate surface area is 126 Å². The number of benzene rings is 1. The maximum absolute atomic E-state index is 12.0. The molecule has 1 aromatic rings. The number of nitrogens with two attached hydrogens (primary N) is 1. The maximum atomic E-state index is 12.0. The van der Waals surface area contributed by atoms with Gasteiger partial charge in [0.05, 0.1) is 7.11 Å². The normalized spacial score (nSPS) is 11.4. The Morgan fingerprint density at radius 1 is 1.33 bits per heavy atom. The molecule has 0 aliphatic carbocycles. The number of ether oxygens (including phenoxy) is 2. The minimum absolute atomic E-state index is 0.189. The number of imide groups is 1. The number of methoxy groups -OCH3 is 1. The molecule has 21 heavy (non-hydrogen) atoms. The highest BCUT2D eigenvalue weighted by molar-refractivity contribution is 7.98. The number of thioether (sulfide) groups is 1. The Kier molecular flexibility index (Phi) is 6.04. The van der Waals surface area contributed by atoms with Crippen LogP contribution < -0.4 is 15.8 Å². The number of nitrogens with one attached hydrogen (secondary N) is 1. The van der Waals surface area contributed by atoms with Crippen LogP contribution in [-0.4, -0.2) is 37.4 Å². The van der Waals surface area contributed by atoms with Gasteiger partial charge < -0.3 is 15.2 Å². The highest BCUT2D eigenvalue weighted by Crippen LogP contribution is 2.26. The summed E-state index contributed by atoms with van der Waals surface area (Å²) in [5.74, 6) is -1.18. The van der Waals surface area contributed by atoms with Crippen LogP contribution in [0.1, 0.15) is 17.3 Å². The average Bonchev–Trinajstić information content (AvgIpc) is 2.45. The quantitative estimate of drug-likeness (QED) is 0.624. The van der Waals surface area contributed by atoms with E-state index < -0.39 is 24.0 Å². The first kappa shape index (κ1) is 16.8. The molecule has 0 aliphatic heterocycles. The van der Waals surface area contributed by atoms with Crippen LogP contribution in [0.3, 0.4) is 0 Å². The first-order valence-electron chi connectivity index (χ1n) is 5.92. The lowest BCUT2D eigenvalue weighted by atomic mass is 10.2. The first-order valence-corrected chi connectivity index (χ1v) is 7.14. The second-order valence-electron chi connectivity index (χ2n) is 3.97. The highest BCUT2D eigenvalue weighted by Gasteiger charge is 2.22. The molecule has 0 aliphatic rings. The molecule has 8 heteroatoms. The molecule has 0 heterocycles. The van der Waals surface area contributed by atoms with Crippen LogP contribution in [0.15, 0.2) is 23.1 Å². The van der Waals surface area contributed by atoms with Crippen LogP contribution in [0.25, 0.3) is 0 Å². The van der Waals surface area contributed by atoms with Crippen LogP contribution in [0.4, 0.5) is 4.79 Å². The summed E-state index contributed by atoms with van der Waals surface area (Å²) in [6.07, 6.45) is 0.734. The van der Waals surface area contributed by atoms with Gasteiger partial charge in [-0.2, -0.15) is 0 Å². The number of carbonyl (C=O) groups excluding carboxylic acids is 3. The van der Waals surface area contributed by atoms with Crippen LogP contribution in [0.2, 0.25) is 0 Å². The van der Waals surface area contributed by atoms with Crippen molar-refractivity contribution in [1.82, 2.24) is 5.32 Å². The molecule has 0 saturated carbocycles. The molecular weight excluding hydrogens is 296 g/mol. The number of hydrogen-bond acceptors (Lipinski definition) is 6. The molecular formula is C13H16N2O5S. The summed E-state index contributed by atoms with van der Waals surface area (Å²) in [6, 6.07) is 3.96. The Morgan fingerprint density at radius 3 is 2.52 bits per heavy atom. The molecule has 0 unspecified atom stereocenters. The van der Waals surface area contributed by atoms with Gasteiger partial charge in [0, 0.05) is 4.90 Å². The summed E-state index contributed by atoms with van der Waals surface area (Å²) in [7, 11) is 1.43. The fourth-order valence-electron chi connectivity index (χ4n) is 1.47. The van der Waals surface area contributed by atoms with Crippen molar-refractivity contribution in [1.29, 1.82) is 0 Å². The molecule has 1 aromatic carbocycles. The molecule has 1 rings (SSSR count). The van der Waals surface area contributed by atoms with Crippen LogP contribution >= 0.6 is 11.8 Å². The van der Waals surface area contributed by atoms with Crippen molar-refractivity contribution in [2.45, 2.75) is 17.9 Å². The molecule has 0 saturated heterocycles. The summed E-state index contributed by atoms with van der Waals surface area (Å²) < 4.78 is 10.1. The van der Waals surface area contributed by atoms with E-state index >= 15 is 0 Å². The zero-order valence-electron chi connectivity index (χ0n) is 11.8. The predicted molar refractivity (Wildman–Crippen MR) is 77.4 cm³/mol. The molecule has 0 aromatic heterocycles. The van der Waals surface area contributed by atoms with E-state index in [9.17, 15) is 14.4 Å². The van der Waals surface area contributed by atoms with Gasteiger partial charge in [-0.3, -0.25) is 10.1 Å². The Balaban J connectivity index is 2.84. The van der Waals surface area contributed by atoms with E-state index in [4.69, 9.17) is 15.2 Å². The van der Waals surface area contributed by atoms with Crippen molar-refractivity contribution >= 4 is 29.7 Å². The van der Waals surface area contributed by atoms with Crippen molar-refractivity contribution in [3.8, 4) is 5.75 Å². The van der Waals surface area contributed by atoms with Crippen molar-refractivity contribution in [2.24, 2.45) is 5.73 Å². The lowest BCUT2D eigenvalue weighted by molar-refractivity contribution is -0.127. The van der Waals surface area contributed by atoms with Gasteiger partial charge in [-0.25, -0.2) is 9.59 Å². The average molecular weight is 312 g/mol. The first-order chi connectivity index (χ1) is 9.88. The number of esters is 1. The lowest BCUT2D eigenvalue weighted by Gasteiger charge is -2.14. The lowest BCUT2D eigenvalue weighted by Crippen LogP contribution is -2.42. The molecule has 0 spiro atoms. The van der Waals surface area contributed by atoms with Crippen molar-refractivity contribution in [2.75, 3.05) is 13.4 Å². The van der Waals surface area contributed by atoms with Gasteiger partial charge in [-0.15, -0.1) is 11.8 Å². The third-order valence-corrected chi connectivity index (χ3v) is 3.25. The number of hydrogen-bond donors (Lipinski definition) is 2. The summed E-state index contributed by atoms with van der Waals surface area (Å²) >= 11 is 1.50. The second-order valence-corrected chi connectivity index (χ2v) is 4.85. The second kappa shape index (κ2) is 7.53. The van der Waals surface area contributed by atoms with Crippen molar-refractivity contribution in [3.05, 3.63) is 23.8 Å². The zero-order chi connectivity index (χ0) is 16.0. The zero-order valence-corrected chi connectivity index (χ0v) is 12.7. The number of carbonyl (C=O) groups is 3. The van der Waals surface area contributed by atoms with Gasteiger partial charge >= 0.3 is 12.0 Å². The molecule has 1 atom stereocenters. The fraction of sp³-hybridized carbons (Fsp3) is 0.308. The molecule has 0 bridgehead atoms. The molecule has 3 amide bonds. The van der Waals surface area contributed by atoms with E-state index in [1.165, 1.54) is 25.8 Å². The van der Waals surface area contributed by atoms with Gasteiger partial charge in [0.25, 0.3) is 5.91 Å². The van der Waals surface area contributed by atoms with Crippen LogP contribution in [-0.2, 0) is 9.53 Å². The number of primary amides is 1. The number of urea groups is 1. The standard InChI is InChI=1S/C13H16N2O5S/c1-7(11(16)15-13(14)18)20-12(17)9-5-4-8(21-3)6-10(9)19-2/h4-7H,1-3H3,(H3,14,15,16,18)/t7-/m0/s1. The summed E-state index contributed by atoms with van der Waals surface area (Å²) in [5.41, 5.74) is 5.01. The third kappa shape index (κ3) is 4.67. The van der Waals surface area contributed by atoms with E-state index in [2.05, 4.69) is 0 Å². The Hall–Kier alpha value is -2.22. The molecule has 7 nitrogen and oxygen atoms in total. The van der Waals surface area contributed by atoms with E-state index in [0.29, 0.717) is 5.75 Å². The molecule has 0 fully saturated rings. The highest BCUT2D eigenvalue weighted by atomic mass is 32.2. The van der Waals surface area contributed by atoms with Crippen LogP contribution in [0, 0.1) is 0 Å². The topological polar surface area (TPSA) is 108 Å². The smallest absolute Gasteiger partial charge is 0.342 e. The summed E-state index contributed by atoms with van der Waals surface area (Å²) in [6.45, 7) is 1.33. The number of amides is 3. The molecule has 114 valence electrons. The Bertz CT molecular complexity index is 561. The minimum Gasteiger partial charge on any atom is -0.496 e. The maximum Gasteiger partial charge on any atom is 0.342 e. The van der Waals surface area contributed by atoms with E-state index in [0.717, 1.165) is 4.90 Å². The van der Waals surface area contributed by atoms with Crippen molar-refractivity contribution in [3.63, 3.8) is 0 Å². The van der Waals surface area contributed by atoms with Gasteiger partial charge in [0.15, 0.2) is 6.10 Å². The minimum atomic E-state index is -1.16. The predicted octanol–water partition coefficient (Wildman–Crippen LogP) is 1.16. The SMILES string of the molecule is COc1cc(SC)ccc1C(=O)O[C@@H](C)C(=O)NC(N)=O. The summed E-state index contributed by atoms with van der Waals surface area (Å²) in [4.78, 5) is 35.0. The fourth-order valence-corrected chi connectivity index (χ4v) is 1.90. The van der Waals surface area contributed by atoms with Gasteiger partial charge in [-0.05, 0) is 31.4 Å². The van der Waals surface area contributed by atoms with Crippen LogP contribution in [0.5, 0.6) is 5.75 Å². The van der Waals surface area contributed by atoms with E-state index in [-0.39, 0.29) is 5.56 Å². The van der Waals surface area contributed by atoms with Gasteiger partial charge in [0.2, 0.25) is 0 Å². The van der Waals surface area contributed by atoms with Gasteiger partial charge in [0.1, 0.15) is 11.3 Å². The number of rotatable bonds is 5. The Morgan fingerprint density at radius 2 is 2.00 bits per heavy atom. The van der Waals surface area contributed by atoms with Crippen molar-refractivity contribution < 1.29 is 23.9 Å². The molecule has 3 N–H and O–H groups in total. The monoisotopic (exact) mass is 312 g/mol. The third-order valence-electron chi connectivity index (χ3n) is 2.53. The van der Waals surface area contributed by atoms with E-state index in [1.807, 2.05) is 11.6 Å². The molecule has 0 radical (unpaired) electrons.